The van der Waals surface area contributed by atoms with Crippen LogP contribution in [0.25, 0.3) is 27.8 Å². The van der Waals surface area contributed by atoms with Crippen LogP contribution >= 0.6 is 0 Å². The van der Waals surface area contributed by atoms with Gasteiger partial charge in [-0.2, -0.15) is 0 Å². The van der Waals surface area contributed by atoms with Gasteiger partial charge in [0.15, 0.2) is 23.1 Å². The molecule has 3 heterocycles. The summed E-state index contributed by atoms with van der Waals surface area (Å²) < 4.78 is 44.0. The molecule has 0 saturated heterocycles. The van der Waals surface area contributed by atoms with Crippen LogP contribution in [-0.2, 0) is 0 Å². The molecule has 5 aromatic rings. The Balaban J connectivity index is 1.75. The third-order valence-electron chi connectivity index (χ3n) is 5.01. The van der Waals surface area contributed by atoms with Crippen LogP contribution in [0.3, 0.4) is 0 Å². The van der Waals surface area contributed by atoms with E-state index in [2.05, 4.69) is 30.2 Å². The lowest BCUT2D eigenvalue weighted by molar-refractivity contribution is 0.501. The van der Waals surface area contributed by atoms with E-state index in [4.69, 9.17) is 0 Å². The SMILES string of the molecule is C[C@H](Nc1ncnc2nc[nH]c12)c1nc2cccc(F)c2c(=O)n1-c1cccc(F)c1F. The fourth-order valence-electron chi connectivity index (χ4n) is 3.54. The van der Waals surface area contributed by atoms with E-state index in [1.807, 2.05) is 0 Å². The molecule has 0 fully saturated rings. The highest BCUT2D eigenvalue weighted by Gasteiger charge is 2.23. The molecule has 2 aromatic carbocycles. The largest absolute Gasteiger partial charge is 0.358 e. The number of fused-ring (bicyclic) bond motifs is 2. The number of anilines is 1. The summed E-state index contributed by atoms with van der Waals surface area (Å²) in [6.45, 7) is 1.66. The Hall–Kier alpha value is -4.28. The summed E-state index contributed by atoms with van der Waals surface area (Å²) >= 11 is 0. The van der Waals surface area contributed by atoms with Crippen molar-refractivity contribution >= 4 is 27.9 Å². The maximum Gasteiger partial charge on any atom is 0.269 e. The summed E-state index contributed by atoms with van der Waals surface area (Å²) in [5.41, 5.74) is -0.240. The van der Waals surface area contributed by atoms with Crippen molar-refractivity contribution in [1.82, 2.24) is 29.5 Å². The minimum atomic E-state index is -1.25. The van der Waals surface area contributed by atoms with Gasteiger partial charge < -0.3 is 10.3 Å². The van der Waals surface area contributed by atoms with Gasteiger partial charge in [-0.05, 0) is 31.2 Å². The predicted octanol–water partition coefficient (Wildman–Crippen LogP) is 3.64. The average molecular weight is 437 g/mol. The number of hydrogen-bond donors (Lipinski definition) is 2. The topological polar surface area (TPSA) is 101 Å². The van der Waals surface area contributed by atoms with Gasteiger partial charge in [0.25, 0.3) is 5.56 Å². The number of halogens is 3. The van der Waals surface area contributed by atoms with Crippen LogP contribution in [0.2, 0.25) is 0 Å². The van der Waals surface area contributed by atoms with Crippen molar-refractivity contribution in [2.24, 2.45) is 0 Å². The quantitative estimate of drug-likeness (QED) is 0.445. The van der Waals surface area contributed by atoms with Crippen molar-refractivity contribution in [3.63, 3.8) is 0 Å². The third kappa shape index (κ3) is 3.06. The highest BCUT2D eigenvalue weighted by atomic mass is 19.2. The Bertz CT molecular complexity index is 1550. The highest BCUT2D eigenvalue weighted by Crippen LogP contribution is 2.25. The summed E-state index contributed by atoms with van der Waals surface area (Å²) in [5, 5.41) is 2.75. The van der Waals surface area contributed by atoms with Crippen LogP contribution in [0.15, 0.2) is 53.8 Å². The molecule has 0 radical (unpaired) electrons. The number of H-pyrrole nitrogens is 1. The van der Waals surface area contributed by atoms with Crippen molar-refractivity contribution in [2.45, 2.75) is 13.0 Å². The highest BCUT2D eigenvalue weighted by molar-refractivity contribution is 5.82. The zero-order chi connectivity index (χ0) is 22.4. The number of nitrogens with one attached hydrogen (secondary N) is 2. The van der Waals surface area contributed by atoms with Gasteiger partial charge in [-0.1, -0.05) is 12.1 Å². The minimum Gasteiger partial charge on any atom is -0.358 e. The second kappa shape index (κ2) is 7.45. The molecule has 0 amide bonds. The Kier molecular flexibility index (Phi) is 4.58. The molecule has 5 rings (SSSR count). The van der Waals surface area contributed by atoms with Crippen molar-refractivity contribution in [1.29, 1.82) is 0 Å². The fraction of sp³-hybridized carbons (Fsp3) is 0.0952. The molecule has 32 heavy (non-hydrogen) atoms. The molecule has 11 heteroatoms. The Labute approximate surface area is 177 Å². The first kappa shape index (κ1) is 19.7. The van der Waals surface area contributed by atoms with Crippen LogP contribution in [0.5, 0.6) is 0 Å². The second-order valence-electron chi connectivity index (χ2n) is 7.01. The van der Waals surface area contributed by atoms with Crippen molar-refractivity contribution in [2.75, 3.05) is 5.32 Å². The number of rotatable bonds is 4. The van der Waals surface area contributed by atoms with Crippen molar-refractivity contribution in [3.8, 4) is 5.69 Å². The Morgan fingerprint density at radius 2 is 1.81 bits per heavy atom. The molecular weight excluding hydrogens is 423 g/mol. The van der Waals surface area contributed by atoms with Crippen LogP contribution < -0.4 is 10.9 Å². The molecule has 2 N–H and O–H groups in total. The molecule has 0 unspecified atom stereocenters. The lowest BCUT2D eigenvalue weighted by Gasteiger charge is -2.20. The molecule has 0 aliphatic rings. The first-order valence-electron chi connectivity index (χ1n) is 9.52. The lowest BCUT2D eigenvalue weighted by Crippen LogP contribution is -2.29. The first-order valence-corrected chi connectivity index (χ1v) is 9.52. The smallest absolute Gasteiger partial charge is 0.269 e. The fourth-order valence-corrected chi connectivity index (χ4v) is 3.54. The molecule has 160 valence electrons. The van der Waals surface area contributed by atoms with Crippen LogP contribution in [0, 0.1) is 17.5 Å². The first-order chi connectivity index (χ1) is 15.5. The van der Waals surface area contributed by atoms with E-state index in [1.54, 1.807) is 6.92 Å². The monoisotopic (exact) mass is 437 g/mol. The molecule has 0 saturated carbocycles. The van der Waals surface area contributed by atoms with Crippen molar-refractivity contribution in [3.05, 3.63) is 82.7 Å². The maximum absolute atomic E-state index is 14.7. The van der Waals surface area contributed by atoms with Gasteiger partial charge in [0.1, 0.15) is 28.9 Å². The van der Waals surface area contributed by atoms with Crippen LogP contribution in [-0.4, -0.2) is 29.5 Å². The van der Waals surface area contributed by atoms with Crippen LogP contribution in [0.1, 0.15) is 18.8 Å². The number of aromatic amines is 1. The molecule has 3 aromatic heterocycles. The van der Waals surface area contributed by atoms with E-state index < -0.39 is 29.1 Å². The summed E-state index contributed by atoms with van der Waals surface area (Å²) in [7, 11) is 0. The maximum atomic E-state index is 14.7. The van der Waals surface area contributed by atoms with Gasteiger partial charge in [0, 0.05) is 0 Å². The van der Waals surface area contributed by atoms with E-state index >= 15 is 0 Å². The van der Waals surface area contributed by atoms with Gasteiger partial charge >= 0.3 is 0 Å². The standard InChI is InChI=1S/C21H14F3N7O/c1-10(29-19-17-18(26-8-25-17)27-9-28-19)20-30-13-6-2-4-11(22)15(13)21(32)31(20)14-7-3-5-12(23)16(14)24/h2-10H,1H3,(H2,25,26,27,28,29)/t10-/m0/s1. The van der Waals surface area contributed by atoms with Gasteiger partial charge in [-0.3, -0.25) is 9.36 Å². The van der Waals surface area contributed by atoms with E-state index in [0.29, 0.717) is 17.0 Å². The van der Waals surface area contributed by atoms with Crippen LogP contribution in [0.4, 0.5) is 19.0 Å². The van der Waals surface area contributed by atoms with E-state index in [-0.39, 0.29) is 22.4 Å². The molecule has 0 bridgehead atoms. The zero-order valence-electron chi connectivity index (χ0n) is 16.5. The Morgan fingerprint density at radius 1 is 1.03 bits per heavy atom. The van der Waals surface area contributed by atoms with Gasteiger partial charge in [0.2, 0.25) is 0 Å². The summed E-state index contributed by atoms with van der Waals surface area (Å²) in [6.07, 6.45) is 2.76. The zero-order valence-corrected chi connectivity index (χ0v) is 16.5. The molecule has 8 nitrogen and oxygen atoms in total. The second-order valence-corrected chi connectivity index (χ2v) is 7.01. The molecule has 0 aliphatic heterocycles. The average Bonchev–Trinajstić information content (AvgIpc) is 3.26. The number of aromatic nitrogens is 6. The van der Waals surface area contributed by atoms with E-state index in [0.717, 1.165) is 16.7 Å². The summed E-state index contributed by atoms with van der Waals surface area (Å²) in [5.74, 6) is -2.82. The normalized spacial score (nSPS) is 12.4. The van der Waals surface area contributed by atoms with Gasteiger partial charge in [-0.25, -0.2) is 33.1 Å². The minimum absolute atomic E-state index is 0.0314. The van der Waals surface area contributed by atoms with Gasteiger partial charge in [-0.15, -0.1) is 0 Å². The molecule has 0 aliphatic carbocycles. The third-order valence-corrected chi connectivity index (χ3v) is 5.01. The number of imidazole rings is 1. The number of nitrogens with zero attached hydrogens (tertiary/aromatic N) is 5. The molecule has 1 atom stereocenters. The molecule has 0 spiro atoms. The van der Waals surface area contributed by atoms with Crippen molar-refractivity contribution < 1.29 is 13.2 Å². The van der Waals surface area contributed by atoms with E-state index in [1.165, 1.54) is 36.9 Å². The molecular formula is C21H14F3N7O. The number of benzene rings is 2. The predicted molar refractivity (Wildman–Crippen MR) is 111 cm³/mol. The summed E-state index contributed by atoms with van der Waals surface area (Å²) in [6, 6.07) is 6.66. The van der Waals surface area contributed by atoms with Gasteiger partial charge in [0.05, 0.1) is 23.6 Å². The Morgan fingerprint density at radius 3 is 2.66 bits per heavy atom. The summed E-state index contributed by atoms with van der Waals surface area (Å²) in [4.78, 5) is 32.9. The van der Waals surface area contributed by atoms with E-state index in [9.17, 15) is 18.0 Å². The lowest BCUT2D eigenvalue weighted by atomic mass is 10.2. The number of hydrogen-bond acceptors (Lipinski definition) is 6.